The molecule has 24 heavy (non-hydrogen) atoms. The Hall–Kier alpha value is -2.73. The highest BCUT2D eigenvalue weighted by molar-refractivity contribution is 5.96. The minimum Gasteiger partial charge on any atom is -0.366 e. The van der Waals surface area contributed by atoms with Crippen molar-refractivity contribution in [1.82, 2.24) is 4.90 Å². The summed E-state index contributed by atoms with van der Waals surface area (Å²) in [7, 11) is 1.82. The van der Waals surface area contributed by atoms with Crippen LogP contribution < -0.4 is 11.1 Å². The molecule has 0 aliphatic heterocycles. The third-order valence-electron chi connectivity index (χ3n) is 3.82. The van der Waals surface area contributed by atoms with E-state index in [1.54, 1.807) is 43.3 Å². The number of likely N-dealkylation sites (N-methyl/N-ethyl adjacent to an activating group) is 1. The number of benzene rings is 2. The molecule has 0 aliphatic carbocycles. The number of hydrogen-bond donors (Lipinski definition) is 2. The van der Waals surface area contributed by atoms with Crippen LogP contribution >= 0.6 is 0 Å². The van der Waals surface area contributed by atoms with E-state index in [4.69, 9.17) is 5.73 Å². The van der Waals surface area contributed by atoms with E-state index in [0.717, 1.165) is 5.56 Å². The maximum Gasteiger partial charge on any atom is 0.248 e. The highest BCUT2D eigenvalue weighted by Gasteiger charge is 2.18. The number of primary amides is 1. The van der Waals surface area contributed by atoms with Crippen LogP contribution in [0, 0.1) is 5.82 Å². The highest BCUT2D eigenvalue weighted by atomic mass is 19.1. The van der Waals surface area contributed by atoms with Crippen LogP contribution in [0.4, 0.5) is 10.1 Å². The van der Waals surface area contributed by atoms with Gasteiger partial charge < -0.3 is 11.1 Å². The van der Waals surface area contributed by atoms with Crippen molar-refractivity contribution >= 4 is 17.5 Å². The molecule has 0 saturated heterocycles. The van der Waals surface area contributed by atoms with E-state index in [0.29, 0.717) is 17.8 Å². The maximum atomic E-state index is 12.9. The van der Waals surface area contributed by atoms with E-state index in [-0.39, 0.29) is 17.8 Å². The quantitative estimate of drug-likeness (QED) is 0.854. The number of carbonyl (C=O) groups is 2. The maximum absolute atomic E-state index is 12.9. The Labute approximate surface area is 140 Å². The van der Waals surface area contributed by atoms with Gasteiger partial charge >= 0.3 is 0 Å². The van der Waals surface area contributed by atoms with Gasteiger partial charge in [-0.05, 0) is 55.9 Å². The fraction of sp³-hybridized carbons (Fsp3) is 0.222. The van der Waals surface area contributed by atoms with Crippen molar-refractivity contribution in [3.63, 3.8) is 0 Å². The molecule has 0 aromatic heterocycles. The minimum absolute atomic E-state index is 0.175. The Morgan fingerprint density at radius 2 is 1.71 bits per heavy atom. The summed E-state index contributed by atoms with van der Waals surface area (Å²) in [5.74, 6) is -0.974. The van der Waals surface area contributed by atoms with E-state index in [9.17, 15) is 14.0 Å². The number of carbonyl (C=O) groups excluding carboxylic acids is 2. The van der Waals surface area contributed by atoms with Gasteiger partial charge in [0.1, 0.15) is 5.82 Å². The predicted molar refractivity (Wildman–Crippen MR) is 90.9 cm³/mol. The van der Waals surface area contributed by atoms with E-state index >= 15 is 0 Å². The Morgan fingerprint density at radius 3 is 2.25 bits per heavy atom. The molecule has 0 bridgehead atoms. The molecule has 2 aromatic rings. The molecule has 0 unspecified atom stereocenters. The highest BCUT2D eigenvalue weighted by Crippen LogP contribution is 2.12. The first-order valence-corrected chi connectivity index (χ1v) is 7.52. The SMILES string of the molecule is C[C@H](C(=O)Nc1ccc(C(N)=O)cc1)N(C)Cc1ccc(F)cc1. The Bertz CT molecular complexity index is 714. The summed E-state index contributed by atoms with van der Waals surface area (Å²) in [5, 5.41) is 2.79. The zero-order valence-electron chi connectivity index (χ0n) is 13.6. The Balaban J connectivity index is 1.95. The van der Waals surface area contributed by atoms with Crippen molar-refractivity contribution in [2.45, 2.75) is 19.5 Å². The predicted octanol–water partition coefficient (Wildman–Crippen LogP) is 2.38. The van der Waals surface area contributed by atoms with Gasteiger partial charge in [-0.2, -0.15) is 0 Å². The van der Waals surface area contributed by atoms with Gasteiger partial charge in [0, 0.05) is 17.8 Å². The van der Waals surface area contributed by atoms with Gasteiger partial charge in [-0.1, -0.05) is 12.1 Å². The van der Waals surface area contributed by atoms with Gasteiger partial charge in [0.25, 0.3) is 0 Å². The number of halogens is 1. The number of amides is 2. The molecule has 0 heterocycles. The van der Waals surface area contributed by atoms with Gasteiger partial charge in [-0.3, -0.25) is 14.5 Å². The van der Waals surface area contributed by atoms with Crippen molar-refractivity contribution in [3.8, 4) is 0 Å². The molecule has 2 aromatic carbocycles. The number of nitrogens with zero attached hydrogens (tertiary/aromatic N) is 1. The summed E-state index contributed by atoms with van der Waals surface area (Å²) in [5.41, 5.74) is 7.07. The third-order valence-corrected chi connectivity index (χ3v) is 3.82. The number of anilines is 1. The molecule has 0 spiro atoms. The van der Waals surface area contributed by atoms with Crippen LogP contribution in [0.3, 0.4) is 0 Å². The van der Waals surface area contributed by atoms with E-state index in [2.05, 4.69) is 5.32 Å². The van der Waals surface area contributed by atoms with Crippen molar-refractivity contribution in [2.75, 3.05) is 12.4 Å². The molecule has 0 fully saturated rings. The number of hydrogen-bond acceptors (Lipinski definition) is 3. The van der Waals surface area contributed by atoms with Crippen LogP contribution in [0.2, 0.25) is 0 Å². The molecule has 0 radical (unpaired) electrons. The number of rotatable bonds is 6. The first-order valence-electron chi connectivity index (χ1n) is 7.52. The van der Waals surface area contributed by atoms with Gasteiger partial charge in [0.05, 0.1) is 6.04 Å². The summed E-state index contributed by atoms with van der Waals surface area (Å²) in [6.07, 6.45) is 0. The smallest absolute Gasteiger partial charge is 0.248 e. The standard InChI is InChI=1S/C18H20FN3O2/c1-12(22(2)11-13-3-7-15(19)8-4-13)18(24)21-16-9-5-14(6-10-16)17(20)23/h3-10,12H,11H2,1-2H3,(H2,20,23)(H,21,24)/t12-/m1/s1. The average Bonchev–Trinajstić information content (AvgIpc) is 2.56. The molecule has 1 atom stereocenters. The molecular formula is C18H20FN3O2. The zero-order valence-corrected chi connectivity index (χ0v) is 13.6. The molecule has 2 amide bonds. The van der Waals surface area contributed by atoms with Crippen LogP contribution in [0.15, 0.2) is 48.5 Å². The molecule has 2 rings (SSSR count). The van der Waals surface area contributed by atoms with Gasteiger partial charge in [-0.25, -0.2) is 4.39 Å². The summed E-state index contributed by atoms with van der Waals surface area (Å²) in [6, 6.07) is 12.2. The second-order valence-corrected chi connectivity index (χ2v) is 5.65. The summed E-state index contributed by atoms with van der Waals surface area (Å²) in [4.78, 5) is 25.2. The summed E-state index contributed by atoms with van der Waals surface area (Å²) >= 11 is 0. The van der Waals surface area contributed by atoms with Gasteiger partial charge in [0.2, 0.25) is 11.8 Å². The monoisotopic (exact) mass is 329 g/mol. The van der Waals surface area contributed by atoms with Crippen LogP contribution in [-0.4, -0.2) is 29.8 Å². The topological polar surface area (TPSA) is 75.4 Å². The number of nitrogens with two attached hydrogens (primary N) is 1. The lowest BCUT2D eigenvalue weighted by Gasteiger charge is -2.24. The molecule has 3 N–H and O–H groups in total. The molecule has 6 heteroatoms. The summed E-state index contributed by atoms with van der Waals surface area (Å²) in [6.45, 7) is 2.31. The third kappa shape index (κ3) is 4.63. The zero-order chi connectivity index (χ0) is 17.7. The van der Waals surface area contributed by atoms with Crippen molar-refractivity contribution in [2.24, 2.45) is 5.73 Å². The van der Waals surface area contributed by atoms with E-state index in [1.807, 2.05) is 11.9 Å². The first-order chi connectivity index (χ1) is 11.4. The van der Waals surface area contributed by atoms with Crippen molar-refractivity contribution in [1.29, 1.82) is 0 Å². The average molecular weight is 329 g/mol. The lowest BCUT2D eigenvalue weighted by molar-refractivity contribution is -0.120. The van der Waals surface area contributed by atoms with Crippen LogP contribution in [0.1, 0.15) is 22.8 Å². The second kappa shape index (κ2) is 7.70. The normalized spacial score (nSPS) is 12.0. The molecule has 0 aliphatic rings. The Kier molecular flexibility index (Phi) is 5.65. The van der Waals surface area contributed by atoms with E-state index in [1.165, 1.54) is 12.1 Å². The van der Waals surface area contributed by atoms with Gasteiger partial charge in [-0.15, -0.1) is 0 Å². The Morgan fingerprint density at radius 1 is 1.12 bits per heavy atom. The lowest BCUT2D eigenvalue weighted by atomic mass is 10.1. The molecule has 126 valence electrons. The molecular weight excluding hydrogens is 309 g/mol. The fourth-order valence-corrected chi connectivity index (χ4v) is 2.18. The fourth-order valence-electron chi connectivity index (χ4n) is 2.18. The van der Waals surface area contributed by atoms with Crippen LogP contribution in [-0.2, 0) is 11.3 Å². The van der Waals surface area contributed by atoms with Crippen molar-refractivity contribution in [3.05, 3.63) is 65.5 Å². The number of nitrogens with one attached hydrogen (secondary N) is 1. The molecule has 5 nitrogen and oxygen atoms in total. The minimum atomic E-state index is -0.514. The first kappa shape index (κ1) is 17.6. The lowest BCUT2D eigenvalue weighted by Crippen LogP contribution is -2.39. The summed E-state index contributed by atoms with van der Waals surface area (Å²) < 4.78 is 12.9. The second-order valence-electron chi connectivity index (χ2n) is 5.65. The largest absolute Gasteiger partial charge is 0.366 e. The van der Waals surface area contributed by atoms with E-state index < -0.39 is 5.91 Å². The van der Waals surface area contributed by atoms with Crippen molar-refractivity contribution < 1.29 is 14.0 Å². The van der Waals surface area contributed by atoms with Crippen LogP contribution in [0.25, 0.3) is 0 Å². The molecule has 0 saturated carbocycles. The van der Waals surface area contributed by atoms with Gasteiger partial charge in [0.15, 0.2) is 0 Å². The van der Waals surface area contributed by atoms with Crippen LogP contribution in [0.5, 0.6) is 0 Å².